The first-order valence-corrected chi connectivity index (χ1v) is 10.4. The Morgan fingerprint density at radius 3 is 2.50 bits per heavy atom. The van der Waals surface area contributed by atoms with Crippen LogP contribution in [0.5, 0.6) is 0 Å². The molecular formula is C12H22O3S3. The van der Waals surface area contributed by atoms with Crippen molar-refractivity contribution in [2.75, 3.05) is 23.0 Å². The minimum atomic E-state index is -2.93. The highest BCUT2D eigenvalue weighted by molar-refractivity contribution is 8.07. The molecule has 0 saturated carbocycles. The molecule has 18 heavy (non-hydrogen) atoms. The first-order chi connectivity index (χ1) is 8.50. The number of rotatable bonds is 7. The molecule has 1 aliphatic rings. The summed E-state index contributed by atoms with van der Waals surface area (Å²) in [5, 5.41) is 0.497. The fourth-order valence-corrected chi connectivity index (χ4v) is 5.90. The zero-order valence-electron chi connectivity index (χ0n) is 11.1. The summed E-state index contributed by atoms with van der Waals surface area (Å²) in [4.78, 5) is 12.1. The maximum atomic E-state index is 12.1. The molecule has 1 fully saturated rings. The Bertz CT molecular complexity index is 365. The minimum absolute atomic E-state index is 0.0816. The van der Waals surface area contributed by atoms with Crippen molar-refractivity contribution in [3.05, 3.63) is 0 Å². The van der Waals surface area contributed by atoms with Crippen molar-refractivity contribution in [3.63, 3.8) is 0 Å². The summed E-state index contributed by atoms with van der Waals surface area (Å²) in [6, 6.07) is 0. The molecule has 106 valence electrons. The Labute approximate surface area is 119 Å². The third kappa shape index (κ3) is 5.13. The zero-order chi connectivity index (χ0) is 13.6. The van der Waals surface area contributed by atoms with Gasteiger partial charge in [-0.3, -0.25) is 4.79 Å². The van der Waals surface area contributed by atoms with E-state index in [1.807, 2.05) is 11.8 Å². The van der Waals surface area contributed by atoms with Gasteiger partial charge in [-0.15, -0.1) is 11.8 Å². The van der Waals surface area contributed by atoms with Crippen LogP contribution in [0.1, 0.15) is 33.1 Å². The van der Waals surface area contributed by atoms with Crippen LogP contribution in [0.15, 0.2) is 0 Å². The van der Waals surface area contributed by atoms with E-state index in [0.717, 1.165) is 17.9 Å². The molecule has 0 aromatic rings. The number of hydrogen-bond donors (Lipinski definition) is 0. The van der Waals surface area contributed by atoms with Crippen molar-refractivity contribution < 1.29 is 13.2 Å². The molecule has 2 atom stereocenters. The molecule has 1 heterocycles. The molecule has 1 saturated heterocycles. The standard InChI is InChI=1S/C12H22O3S3/c1-3-11-12(17-8-7-16-11)10(13)6-5-9-18(14,15)4-2/h11-12H,3-9H2,1-2H3. The highest BCUT2D eigenvalue weighted by Gasteiger charge is 2.30. The molecule has 0 amide bonds. The third-order valence-electron chi connectivity index (χ3n) is 3.09. The highest BCUT2D eigenvalue weighted by atomic mass is 32.2. The van der Waals surface area contributed by atoms with Crippen molar-refractivity contribution in [1.82, 2.24) is 0 Å². The van der Waals surface area contributed by atoms with Gasteiger partial charge in [-0.25, -0.2) is 8.42 Å². The average Bonchev–Trinajstić information content (AvgIpc) is 2.38. The third-order valence-corrected chi connectivity index (χ3v) is 8.17. The maximum absolute atomic E-state index is 12.1. The Kier molecular flexibility index (Phi) is 7.10. The zero-order valence-corrected chi connectivity index (χ0v) is 13.5. The lowest BCUT2D eigenvalue weighted by Gasteiger charge is -2.28. The lowest BCUT2D eigenvalue weighted by Crippen LogP contribution is -2.32. The Balaban J connectivity index is 2.40. The molecule has 0 aromatic heterocycles. The van der Waals surface area contributed by atoms with Gasteiger partial charge in [-0.1, -0.05) is 13.8 Å². The van der Waals surface area contributed by atoms with Gasteiger partial charge in [0.05, 0.1) is 11.0 Å². The molecule has 3 nitrogen and oxygen atoms in total. The predicted molar refractivity (Wildman–Crippen MR) is 81.4 cm³/mol. The summed E-state index contributed by atoms with van der Waals surface area (Å²) in [6.45, 7) is 3.77. The van der Waals surface area contributed by atoms with Crippen LogP contribution in [0.25, 0.3) is 0 Å². The summed E-state index contributed by atoms with van der Waals surface area (Å²) in [5.74, 6) is 2.72. The van der Waals surface area contributed by atoms with E-state index in [0.29, 0.717) is 18.1 Å². The second-order valence-corrected chi connectivity index (χ2v) is 9.48. The molecule has 0 radical (unpaired) electrons. The van der Waals surface area contributed by atoms with Crippen LogP contribution in [-0.4, -0.2) is 47.7 Å². The summed E-state index contributed by atoms with van der Waals surface area (Å²) in [5.41, 5.74) is 0. The molecule has 0 aliphatic carbocycles. The van der Waals surface area contributed by atoms with Crippen molar-refractivity contribution in [2.45, 2.75) is 43.6 Å². The van der Waals surface area contributed by atoms with E-state index in [9.17, 15) is 13.2 Å². The second kappa shape index (κ2) is 7.80. The van der Waals surface area contributed by atoms with E-state index in [4.69, 9.17) is 0 Å². The molecule has 0 bridgehead atoms. The first kappa shape index (κ1) is 16.4. The van der Waals surface area contributed by atoms with Gasteiger partial charge in [-0.2, -0.15) is 11.8 Å². The van der Waals surface area contributed by atoms with Gasteiger partial charge in [0.25, 0.3) is 0 Å². The van der Waals surface area contributed by atoms with Crippen LogP contribution in [0.2, 0.25) is 0 Å². The first-order valence-electron chi connectivity index (χ1n) is 6.46. The number of ketones is 1. The van der Waals surface area contributed by atoms with E-state index in [-0.39, 0.29) is 22.5 Å². The molecular weight excluding hydrogens is 288 g/mol. The number of thioether (sulfide) groups is 2. The molecule has 1 aliphatic heterocycles. The molecule has 6 heteroatoms. The lowest BCUT2D eigenvalue weighted by molar-refractivity contribution is -0.118. The van der Waals surface area contributed by atoms with Gasteiger partial charge in [-0.05, 0) is 12.8 Å². The second-order valence-electron chi connectivity index (χ2n) is 4.42. The van der Waals surface area contributed by atoms with Crippen LogP contribution in [0.4, 0.5) is 0 Å². The van der Waals surface area contributed by atoms with Gasteiger partial charge in [0.1, 0.15) is 15.6 Å². The Morgan fingerprint density at radius 1 is 1.22 bits per heavy atom. The van der Waals surface area contributed by atoms with Crippen molar-refractivity contribution >= 4 is 39.1 Å². The number of sulfone groups is 1. The quantitative estimate of drug-likeness (QED) is 0.723. The van der Waals surface area contributed by atoms with Gasteiger partial charge < -0.3 is 0 Å². The van der Waals surface area contributed by atoms with Gasteiger partial charge in [0, 0.05) is 28.9 Å². The fraction of sp³-hybridized carbons (Fsp3) is 0.917. The largest absolute Gasteiger partial charge is 0.298 e. The maximum Gasteiger partial charge on any atom is 0.150 e. The fourth-order valence-electron chi connectivity index (χ4n) is 1.95. The van der Waals surface area contributed by atoms with Crippen LogP contribution in [0, 0.1) is 0 Å². The van der Waals surface area contributed by atoms with Crippen LogP contribution in [0.3, 0.4) is 0 Å². The van der Waals surface area contributed by atoms with Gasteiger partial charge in [0.2, 0.25) is 0 Å². The molecule has 1 rings (SSSR count). The van der Waals surface area contributed by atoms with E-state index >= 15 is 0 Å². The molecule has 0 aromatic carbocycles. The topological polar surface area (TPSA) is 51.2 Å². The summed E-state index contributed by atoms with van der Waals surface area (Å²) in [6.07, 6.45) is 1.91. The number of Topliss-reactive ketones (excluding diaryl/α,β-unsaturated/α-hetero) is 1. The summed E-state index contributed by atoms with van der Waals surface area (Å²) >= 11 is 3.63. The molecule has 0 N–H and O–H groups in total. The van der Waals surface area contributed by atoms with E-state index in [1.54, 1.807) is 18.7 Å². The predicted octanol–water partition coefficient (Wildman–Crippen LogP) is 2.40. The van der Waals surface area contributed by atoms with E-state index < -0.39 is 9.84 Å². The minimum Gasteiger partial charge on any atom is -0.298 e. The van der Waals surface area contributed by atoms with E-state index in [1.165, 1.54) is 0 Å². The number of carbonyl (C=O) groups is 1. The summed E-state index contributed by atoms with van der Waals surface area (Å²) < 4.78 is 22.7. The van der Waals surface area contributed by atoms with Crippen LogP contribution >= 0.6 is 23.5 Å². The smallest absolute Gasteiger partial charge is 0.150 e. The van der Waals surface area contributed by atoms with Crippen molar-refractivity contribution in [2.24, 2.45) is 0 Å². The van der Waals surface area contributed by atoms with Gasteiger partial charge in [0.15, 0.2) is 0 Å². The van der Waals surface area contributed by atoms with E-state index in [2.05, 4.69) is 6.92 Å². The Hall–Kier alpha value is 0.320. The number of carbonyl (C=O) groups excluding carboxylic acids is 1. The van der Waals surface area contributed by atoms with Crippen LogP contribution < -0.4 is 0 Å². The van der Waals surface area contributed by atoms with Crippen molar-refractivity contribution in [3.8, 4) is 0 Å². The monoisotopic (exact) mass is 310 g/mol. The number of hydrogen-bond acceptors (Lipinski definition) is 5. The normalized spacial score (nSPS) is 25.0. The molecule has 2 unspecified atom stereocenters. The van der Waals surface area contributed by atoms with Crippen LogP contribution in [-0.2, 0) is 14.6 Å². The highest BCUT2D eigenvalue weighted by Crippen LogP contribution is 2.34. The summed E-state index contributed by atoms with van der Waals surface area (Å²) in [7, 11) is -2.93. The SMILES string of the molecule is CCC1SCCSC1C(=O)CCCS(=O)(=O)CC. The Morgan fingerprint density at radius 2 is 1.89 bits per heavy atom. The molecule has 0 spiro atoms. The van der Waals surface area contributed by atoms with Crippen molar-refractivity contribution in [1.29, 1.82) is 0 Å². The van der Waals surface area contributed by atoms with Gasteiger partial charge >= 0.3 is 0 Å². The average molecular weight is 311 g/mol. The lowest BCUT2D eigenvalue weighted by atomic mass is 10.1.